The summed E-state index contributed by atoms with van der Waals surface area (Å²) in [5, 5.41) is 0. The Morgan fingerprint density at radius 3 is 2.79 bits per heavy atom. The SMILES string of the molecule is CC#CC(=O)N1CCC[C@H]1c1nc(-c2ccc(C=O)cc2)c2c(C)nccn12. The molecule has 140 valence electrons. The van der Waals surface area contributed by atoms with E-state index in [0.29, 0.717) is 12.1 Å². The van der Waals surface area contributed by atoms with Crippen LogP contribution in [0.4, 0.5) is 0 Å². The normalized spacial score (nSPS) is 16.1. The minimum absolute atomic E-state index is 0.120. The van der Waals surface area contributed by atoms with Gasteiger partial charge in [0.1, 0.15) is 12.1 Å². The van der Waals surface area contributed by atoms with E-state index in [1.54, 1.807) is 30.2 Å². The van der Waals surface area contributed by atoms with Crippen LogP contribution in [-0.4, -0.2) is 38.0 Å². The number of aromatic nitrogens is 3. The Balaban J connectivity index is 1.88. The maximum Gasteiger partial charge on any atom is 0.299 e. The topological polar surface area (TPSA) is 67.6 Å². The predicted octanol–water partition coefficient (Wildman–Crippen LogP) is 3.20. The van der Waals surface area contributed by atoms with E-state index in [2.05, 4.69) is 16.8 Å². The highest BCUT2D eigenvalue weighted by molar-refractivity contribution is 5.94. The van der Waals surface area contributed by atoms with Gasteiger partial charge in [0.05, 0.1) is 22.9 Å². The zero-order chi connectivity index (χ0) is 19.7. The number of imidazole rings is 1. The number of likely N-dealkylation sites (tertiary alicyclic amines) is 1. The number of aldehydes is 1. The van der Waals surface area contributed by atoms with Gasteiger partial charge in [-0.1, -0.05) is 30.2 Å². The number of hydrogen-bond donors (Lipinski definition) is 0. The van der Waals surface area contributed by atoms with Crippen molar-refractivity contribution in [1.29, 1.82) is 0 Å². The van der Waals surface area contributed by atoms with E-state index in [1.807, 2.05) is 29.7 Å². The first-order chi connectivity index (χ1) is 13.6. The lowest BCUT2D eigenvalue weighted by Crippen LogP contribution is -2.30. The summed E-state index contributed by atoms with van der Waals surface area (Å²) in [5.41, 5.74) is 4.11. The van der Waals surface area contributed by atoms with Gasteiger partial charge in [-0.15, -0.1) is 0 Å². The predicted molar refractivity (Wildman–Crippen MR) is 106 cm³/mol. The maximum atomic E-state index is 12.4. The van der Waals surface area contributed by atoms with Crippen molar-refractivity contribution in [3.8, 4) is 23.1 Å². The maximum absolute atomic E-state index is 12.4. The van der Waals surface area contributed by atoms with Gasteiger partial charge in [0.25, 0.3) is 5.91 Å². The summed E-state index contributed by atoms with van der Waals surface area (Å²) in [5.74, 6) is 6.01. The molecule has 0 aliphatic carbocycles. The second-order valence-electron chi connectivity index (χ2n) is 6.82. The van der Waals surface area contributed by atoms with Gasteiger partial charge in [0.2, 0.25) is 0 Å². The molecule has 0 bridgehead atoms. The molecule has 1 aliphatic rings. The van der Waals surface area contributed by atoms with Gasteiger partial charge in [0, 0.05) is 30.1 Å². The van der Waals surface area contributed by atoms with E-state index in [4.69, 9.17) is 4.98 Å². The molecule has 1 atom stereocenters. The summed E-state index contributed by atoms with van der Waals surface area (Å²) in [6.45, 7) is 4.30. The number of amides is 1. The minimum atomic E-state index is -0.163. The van der Waals surface area contributed by atoms with Crippen molar-refractivity contribution in [3.63, 3.8) is 0 Å². The highest BCUT2D eigenvalue weighted by Crippen LogP contribution is 2.35. The molecule has 28 heavy (non-hydrogen) atoms. The van der Waals surface area contributed by atoms with Gasteiger partial charge in [-0.2, -0.15) is 0 Å². The second-order valence-corrected chi connectivity index (χ2v) is 6.82. The number of aryl methyl sites for hydroxylation is 1. The zero-order valence-corrected chi connectivity index (χ0v) is 15.8. The molecule has 1 fully saturated rings. The lowest BCUT2D eigenvalue weighted by molar-refractivity contribution is -0.126. The smallest absolute Gasteiger partial charge is 0.299 e. The average molecular weight is 372 g/mol. The van der Waals surface area contributed by atoms with Crippen molar-refractivity contribution < 1.29 is 9.59 Å². The molecule has 0 saturated carbocycles. The van der Waals surface area contributed by atoms with E-state index < -0.39 is 0 Å². The Morgan fingerprint density at radius 2 is 2.07 bits per heavy atom. The van der Waals surface area contributed by atoms with Crippen LogP contribution in [0.25, 0.3) is 16.8 Å². The monoisotopic (exact) mass is 372 g/mol. The first-order valence-corrected chi connectivity index (χ1v) is 9.26. The molecule has 6 heteroatoms. The molecule has 3 heterocycles. The standard InChI is InChI=1S/C22H20N4O2/c1-3-5-19(28)25-12-4-6-18(25)22-24-20(17-9-7-16(14-27)8-10-17)21-15(2)23-11-13-26(21)22/h7-11,13-14,18H,4,6,12H2,1-2H3/t18-/m0/s1. The molecule has 0 unspecified atom stereocenters. The molecule has 0 N–H and O–H groups in total. The number of nitrogens with zero attached hydrogens (tertiary/aromatic N) is 4. The Kier molecular flexibility index (Phi) is 4.66. The van der Waals surface area contributed by atoms with E-state index in [-0.39, 0.29) is 11.9 Å². The Morgan fingerprint density at radius 1 is 1.29 bits per heavy atom. The molecule has 3 aromatic rings. The van der Waals surface area contributed by atoms with Crippen LogP contribution in [0.15, 0.2) is 36.7 Å². The van der Waals surface area contributed by atoms with Gasteiger partial charge < -0.3 is 4.90 Å². The van der Waals surface area contributed by atoms with Crippen molar-refractivity contribution in [2.24, 2.45) is 0 Å². The third-order valence-corrected chi connectivity index (χ3v) is 5.13. The van der Waals surface area contributed by atoms with Crippen LogP contribution in [-0.2, 0) is 4.79 Å². The molecule has 6 nitrogen and oxygen atoms in total. The molecular formula is C22H20N4O2. The van der Waals surface area contributed by atoms with Crippen molar-refractivity contribution in [3.05, 3.63) is 53.7 Å². The Hall–Kier alpha value is -3.46. The number of carbonyl (C=O) groups is 2. The van der Waals surface area contributed by atoms with Crippen LogP contribution >= 0.6 is 0 Å². The van der Waals surface area contributed by atoms with Crippen LogP contribution in [0.5, 0.6) is 0 Å². The molecule has 1 saturated heterocycles. The quantitative estimate of drug-likeness (QED) is 0.523. The largest absolute Gasteiger partial charge is 0.322 e. The van der Waals surface area contributed by atoms with Crippen molar-refractivity contribution in [2.75, 3.05) is 6.54 Å². The van der Waals surface area contributed by atoms with E-state index in [9.17, 15) is 9.59 Å². The molecule has 0 radical (unpaired) electrons. The van der Waals surface area contributed by atoms with E-state index in [1.165, 1.54) is 0 Å². The van der Waals surface area contributed by atoms with E-state index in [0.717, 1.165) is 47.4 Å². The van der Waals surface area contributed by atoms with Gasteiger partial charge in [-0.3, -0.25) is 19.0 Å². The third kappa shape index (κ3) is 2.95. The Bertz CT molecular complexity index is 1120. The third-order valence-electron chi connectivity index (χ3n) is 5.13. The zero-order valence-electron chi connectivity index (χ0n) is 15.8. The van der Waals surface area contributed by atoms with Crippen LogP contribution in [0.2, 0.25) is 0 Å². The fourth-order valence-corrected chi connectivity index (χ4v) is 3.83. The second kappa shape index (κ2) is 7.28. The van der Waals surface area contributed by atoms with Crippen molar-refractivity contribution >= 4 is 17.7 Å². The number of carbonyl (C=O) groups excluding carboxylic acids is 2. The molecular weight excluding hydrogens is 352 g/mol. The highest BCUT2D eigenvalue weighted by Gasteiger charge is 2.33. The first-order valence-electron chi connectivity index (χ1n) is 9.26. The summed E-state index contributed by atoms with van der Waals surface area (Å²) < 4.78 is 2.03. The van der Waals surface area contributed by atoms with Gasteiger partial charge in [-0.25, -0.2) is 4.98 Å². The number of benzene rings is 1. The Labute approximate surface area is 163 Å². The van der Waals surface area contributed by atoms with E-state index >= 15 is 0 Å². The molecule has 1 aromatic carbocycles. The summed E-state index contributed by atoms with van der Waals surface area (Å²) in [6.07, 6.45) is 6.23. The summed E-state index contributed by atoms with van der Waals surface area (Å²) in [4.78, 5) is 34.6. The average Bonchev–Trinajstić information content (AvgIpc) is 3.33. The number of fused-ring (bicyclic) bond motifs is 1. The molecule has 2 aromatic heterocycles. The fraction of sp³-hybridized carbons (Fsp3) is 0.273. The highest BCUT2D eigenvalue weighted by atomic mass is 16.2. The van der Waals surface area contributed by atoms with Gasteiger partial charge in [-0.05, 0) is 32.6 Å². The summed E-state index contributed by atoms with van der Waals surface area (Å²) >= 11 is 0. The summed E-state index contributed by atoms with van der Waals surface area (Å²) in [7, 11) is 0. The molecule has 0 spiro atoms. The summed E-state index contributed by atoms with van der Waals surface area (Å²) in [6, 6.07) is 7.22. The van der Waals surface area contributed by atoms with Crippen LogP contribution in [0.3, 0.4) is 0 Å². The fourth-order valence-electron chi connectivity index (χ4n) is 3.83. The minimum Gasteiger partial charge on any atom is -0.322 e. The van der Waals surface area contributed by atoms with Crippen LogP contribution in [0.1, 0.15) is 47.7 Å². The van der Waals surface area contributed by atoms with Crippen LogP contribution < -0.4 is 0 Å². The van der Waals surface area contributed by atoms with Crippen molar-refractivity contribution in [1.82, 2.24) is 19.3 Å². The molecule has 1 amide bonds. The number of hydrogen-bond acceptors (Lipinski definition) is 4. The number of rotatable bonds is 3. The molecule has 4 rings (SSSR count). The van der Waals surface area contributed by atoms with Crippen molar-refractivity contribution in [2.45, 2.75) is 32.7 Å². The molecule has 1 aliphatic heterocycles. The van der Waals surface area contributed by atoms with Crippen LogP contribution in [0, 0.1) is 18.8 Å². The van der Waals surface area contributed by atoms with Gasteiger partial charge >= 0.3 is 0 Å². The lowest BCUT2D eigenvalue weighted by Gasteiger charge is -2.21. The first kappa shape index (κ1) is 17.9. The lowest BCUT2D eigenvalue weighted by atomic mass is 10.1. The van der Waals surface area contributed by atoms with Gasteiger partial charge in [0.15, 0.2) is 0 Å².